The number of anilines is 1. The molecule has 5 heteroatoms. The average molecular weight is 386 g/mol. The predicted molar refractivity (Wildman–Crippen MR) is 89.9 cm³/mol. The molecule has 0 fully saturated rings. The summed E-state index contributed by atoms with van der Waals surface area (Å²) in [7, 11) is 1.64. The van der Waals surface area contributed by atoms with E-state index < -0.39 is 5.54 Å². The Bertz CT molecular complexity index is 521. The molecule has 0 saturated heterocycles. The molecule has 1 aromatic carbocycles. The maximum atomic E-state index is 12.3. The number of hydrogen-bond donors (Lipinski definition) is 2. The highest BCUT2D eigenvalue weighted by molar-refractivity contribution is 14.1. The topological polar surface area (TPSA) is 50.4 Å². The molecule has 0 radical (unpaired) electrons. The van der Waals surface area contributed by atoms with Gasteiger partial charge in [-0.05, 0) is 54.6 Å². The Balaban J connectivity index is 2.94. The van der Waals surface area contributed by atoms with E-state index in [4.69, 9.17) is 11.2 Å². The van der Waals surface area contributed by atoms with Gasteiger partial charge in [0.25, 0.3) is 5.91 Å². The Hall–Kier alpha value is -1.26. The van der Waals surface area contributed by atoms with Crippen molar-refractivity contribution in [1.29, 1.82) is 0 Å². The molecular formula is C15H19IN2O2. The Labute approximate surface area is 133 Å². The summed E-state index contributed by atoms with van der Waals surface area (Å²) in [4.78, 5) is 12.3. The van der Waals surface area contributed by atoms with Gasteiger partial charge in [0.2, 0.25) is 0 Å². The standard InChI is InChI=1S/C15H19IN2O2/c1-5-15(2,3)18-14(19)12-10-11(16)6-7-13(12)17-8-9-20-4/h1,6-7,10,17H,8-9H2,2-4H3,(H,18,19). The average Bonchev–Trinajstić information content (AvgIpc) is 2.40. The van der Waals surface area contributed by atoms with Crippen LogP contribution in [0.1, 0.15) is 24.2 Å². The van der Waals surface area contributed by atoms with E-state index in [1.54, 1.807) is 21.0 Å². The fraction of sp³-hybridized carbons (Fsp3) is 0.400. The van der Waals surface area contributed by atoms with Gasteiger partial charge in [-0.3, -0.25) is 4.79 Å². The number of hydrogen-bond acceptors (Lipinski definition) is 3. The van der Waals surface area contributed by atoms with Gasteiger partial charge in [0.1, 0.15) is 0 Å². The van der Waals surface area contributed by atoms with Crippen molar-refractivity contribution in [3.8, 4) is 12.3 Å². The minimum Gasteiger partial charge on any atom is -0.383 e. The Morgan fingerprint density at radius 2 is 2.20 bits per heavy atom. The van der Waals surface area contributed by atoms with E-state index in [1.165, 1.54) is 0 Å². The first-order valence-corrected chi connectivity index (χ1v) is 7.30. The molecule has 1 aromatic rings. The summed E-state index contributed by atoms with van der Waals surface area (Å²) in [5.74, 6) is 2.37. The number of halogens is 1. The summed E-state index contributed by atoms with van der Waals surface area (Å²) in [5.41, 5.74) is 0.673. The van der Waals surface area contributed by atoms with Crippen LogP contribution in [0.2, 0.25) is 0 Å². The van der Waals surface area contributed by atoms with Gasteiger partial charge in [0.05, 0.1) is 17.7 Å². The zero-order valence-corrected chi connectivity index (χ0v) is 14.1. The Morgan fingerprint density at radius 1 is 1.50 bits per heavy atom. The van der Waals surface area contributed by atoms with Crippen molar-refractivity contribution in [2.75, 3.05) is 25.6 Å². The molecule has 0 aliphatic carbocycles. The van der Waals surface area contributed by atoms with E-state index in [9.17, 15) is 4.79 Å². The molecule has 0 spiro atoms. The van der Waals surface area contributed by atoms with Crippen LogP contribution in [0.5, 0.6) is 0 Å². The first-order chi connectivity index (χ1) is 9.39. The molecular weight excluding hydrogens is 367 g/mol. The second kappa shape index (κ2) is 7.50. The second-order valence-corrected chi connectivity index (χ2v) is 6.08. The summed E-state index contributed by atoms with van der Waals surface area (Å²) in [6.45, 7) is 4.78. The molecule has 0 atom stereocenters. The van der Waals surface area contributed by atoms with Crippen molar-refractivity contribution in [2.24, 2.45) is 0 Å². The number of amides is 1. The minimum atomic E-state index is -0.678. The number of ether oxygens (including phenoxy) is 1. The van der Waals surface area contributed by atoms with E-state index >= 15 is 0 Å². The fourth-order valence-corrected chi connectivity index (χ4v) is 2.02. The van der Waals surface area contributed by atoms with Crippen LogP contribution in [0.25, 0.3) is 0 Å². The number of carbonyl (C=O) groups is 1. The molecule has 0 aromatic heterocycles. The van der Waals surface area contributed by atoms with E-state index in [1.807, 2.05) is 18.2 Å². The first-order valence-electron chi connectivity index (χ1n) is 6.22. The van der Waals surface area contributed by atoms with E-state index in [2.05, 4.69) is 39.1 Å². The smallest absolute Gasteiger partial charge is 0.254 e. The summed E-state index contributed by atoms with van der Waals surface area (Å²) < 4.78 is 5.98. The molecule has 0 aliphatic rings. The number of carbonyl (C=O) groups excluding carboxylic acids is 1. The quantitative estimate of drug-likeness (QED) is 0.449. The van der Waals surface area contributed by atoms with Crippen LogP contribution in [0.3, 0.4) is 0 Å². The molecule has 20 heavy (non-hydrogen) atoms. The highest BCUT2D eigenvalue weighted by Gasteiger charge is 2.20. The van der Waals surface area contributed by atoms with Gasteiger partial charge in [-0.1, -0.05) is 5.92 Å². The van der Waals surface area contributed by atoms with Crippen molar-refractivity contribution in [1.82, 2.24) is 5.32 Å². The number of methoxy groups -OCH3 is 1. The Kier molecular flexibility index (Phi) is 6.30. The van der Waals surface area contributed by atoms with Crippen molar-refractivity contribution < 1.29 is 9.53 Å². The van der Waals surface area contributed by atoms with Crippen LogP contribution in [-0.2, 0) is 4.74 Å². The third-order valence-corrected chi connectivity index (χ3v) is 3.31. The molecule has 0 bridgehead atoms. The number of terminal acetylenes is 1. The van der Waals surface area contributed by atoms with Gasteiger partial charge >= 0.3 is 0 Å². The zero-order chi connectivity index (χ0) is 15.2. The number of rotatable bonds is 6. The van der Waals surface area contributed by atoms with Gasteiger partial charge in [-0.15, -0.1) is 6.42 Å². The van der Waals surface area contributed by atoms with Crippen LogP contribution >= 0.6 is 22.6 Å². The molecule has 108 valence electrons. The highest BCUT2D eigenvalue weighted by Crippen LogP contribution is 2.19. The number of benzene rings is 1. The fourth-order valence-electron chi connectivity index (χ4n) is 1.53. The third kappa shape index (κ3) is 5.02. The maximum absolute atomic E-state index is 12.3. The van der Waals surface area contributed by atoms with Crippen molar-refractivity contribution in [2.45, 2.75) is 19.4 Å². The second-order valence-electron chi connectivity index (χ2n) is 4.83. The molecule has 2 N–H and O–H groups in total. The van der Waals surface area contributed by atoms with Gasteiger partial charge in [0, 0.05) is 22.9 Å². The highest BCUT2D eigenvalue weighted by atomic mass is 127. The van der Waals surface area contributed by atoms with Crippen LogP contribution in [0.4, 0.5) is 5.69 Å². The van der Waals surface area contributed by atoms with Crippen LogP contribution in [-0.4, -0.2) is 31.7 Å². The molecule has 0 saturated carbocycles. The van der Waals surface area contributed by atoms with Gasteiger partial charge in [-0.2, -0.15) is 0 Å². The van der Waals surface area contributed by atoms with Crippen molar-refractivity contribution in [3.63, 3.8) is 0 Å². The lowest BCUT2D eigenvalue weighted by atomic mass is 10.1. The van der Waals surface area contributed by atoms with Crippen molar-refractivity contribution >= 4 is 34.2 Å². The normalized spacial score (nSPS) is 10.8. The SMILES string of the molecule is C#CC(C)(C)NC(=O)c1cc(I)ccc1NCCOC. The summed E-state index contributed by atoms with van der Waals surface area (Å²) in [5, 5.41) is 6.02. The minimum absolute atomic E-state index is 0.189. The van der Waals surface area contributed by atoms with E-state index in [0.717, 1.165) is 9.26 Å². The lowest BCUT2D eigenvalue weighted by Gasteiger charge is -2.21. The van der Waals surface area contributed by atoms with Gasteiger partial charge in [0.15, 0.2) is 0 Å². The molecule has 0 heterocycles. The van der Waals surface area contributed by atoms with Gasteiger partial charge < -0.3 is 15.4 Å². The van der Waals surface area contributed by atoms with E-state index in [-0.39, 0.29) is 5.91 Å². The van der Waals surface area contributed by atoms with Gasteiger partial charge in [-0.25, -0.2) is 0 Å². The predicted octanol–water partition coefficient (Wildman–Crippen LogP) is 2.49. The molecule has 1 amide bonds. The molecule has 4 nitrogen and oxygen atoms in total. The van der Waals surface area contributed by atoms with Crippen molar-refractivity contribution in [3.05, 3.63) is 27.3 Å². The van der Waals surface area contributed by atoms with Crippen LogP contribution in [0.15, 0.2) is 18.2 Å². The summed E-state index contributed by atoms with van der Waals surface area (Å²) in [6, 6.07) is 5.66. The monoisotopic (exact) mass is 386 g/mol. The summed E-state index contributed by atoms with van der Waals surface area (Å²) in [6.07, 6.45) is 5.40. The maximum Gasteiger partial charge on any atom is 0.254 e. The zero-order valence-electron chi connectivity index (χ0n) is 11.9. The molecule has 1 rings (SSSR count). The van der Waals surface area contributed by atoms with Crippen LogP contribution < -0.4 is 10.6 Å². The Morgan fingerprint density at radius 3 is 2.80 bits per heavy atom. The third-order valence-electron chi connectivity index (χ3n) is 2.63. The number of nitrogens with one attached hydrogen (secondary N) is 2. The lowest BCUT2D eigenvalue weighted by molar-refractivity contribution is 0.0930. The lowest BCUT2D eigenvalue weighted by Crippen LogP contribution is -2.42. The molecule has 0 unspecified atom stereocenters. The largest absolute Gasteiger partial charge is 0.383 e. The summed E-state index contributed by atoms with van der Waals surface area (Å²) >= 11 is 2.17. The first kappa shape index (κ1) is 16.8. The molecule has 0 aliphatic heterocycles. The van der Waals surface area contributed by atoms with Crippen LogP contribution in [0, 0.1) is 15.9 Å². The van der Waals surface area contributed by atoms with E-state index in [0.29, 0.717) is 18.7 Å².